The zero-order chi connectivity index (χ0) is 27.5. The lowest BCUT2D eigenvalue weighted by molar-refractivity contribution is -0.118. The number of carbonyl (C=O) groups excluding carboxylic acids is 2. The number of benzene rings is 2. The van der Waals surface area contributed by atoms with Gasteiger partial charge in [-0.05, 0) is 53.8 Å². The molecule has 8 nitrogen and oxygen atoms in total. The number of hydrogen-bond donors (Lipinski definition) is 3. The molecular formula is C29H20ClFN6O2. The number of nitrogens with zero attached hydrogens (tertiary/aromatic N) is 3. The molecule has 2 aromatic heterocycles. The number of nitrogens with one attached hydrogen (secondary N) is 2. The monoisotopic (exact) mass is 538 g/mol. The minimum absolute atomic E-state index is 0.147. The molecule has 0 fully saturated rings. The Morgan fingerprint density at radius 2 is 1.97 bits per heavy atom. The van der Waals surface area contributed by atoms with Crippen molar-refractivity contribution in [1.82, 2.24) is 15.0 Å². The van der Waals surface area contributed by atoms with E-state index in [-0.39, 0.29) is 12.2 Å². The van der Waals surface area contributed by atoms with Gasteiger partial charge in [-0.1, -0.05) is 35.9 Å². The number of aromatic nitrogens is 3. The number of halogens is 2. The largest absolute Gasteiger partial charge is 0.398 e. The number of fused-ring (bicyclic) bond motifs is 1. The fourth-order valence-electron chi connectivity index (χ4n) is 4.33. The number of terminal acetylenes is 1. The van der Waals surface area contributed by atoms with Crippen molar-refractivity contribution in [3.63, 3.8) is 0 Å². The summed E-state index contributed by atoms with van der Waals surface area (Å²) >= 11 is 6.72. The molecule has 0 spiro atoms. The standard InChI is InChI=1S/C29H20ClFN6O2/c1-2-25(38)36-18-6-3-5-16(11-18)20-13-21(26(32)22-14-33-15-35-27(20)22)19-9-8-17(12-23(19)30)29(39)37-28-24(31)7-4-10-34-28/h1,3-11,13-15,17H,12,32H2,(H,36,38)(H,34,37,39). The Kier molecular flexibility index (Phi) is 7.04. The van der Waals surface area contributed by atoms with E-state index in [9.17, 15) is 14.0 Å². The van der Waals surface area contributed by atoms with Gasteiger partial charge in [0.1, 0.15) is 6.33 Å². The Hall–Kier alpha value is -5.07. The topological polar surface area (TPSA) is 123 Å². The zero-order valence-electron chi connectivity index (χ0n) is 20.3. The lowest BCUT2D eigenvalue weighted by Crippen LogP contribution is -2.24. The summed E-state index contributed by atoms with van der Waals surface area (Å²) in [5, 5.41) is 6.16. The van der Waals surface area contributed by atoms with Crippen molar-refractivity contribution >= 4 is 57.1 Å². The summed E-state index contributed by atoms with van der Waals surface area (Å²) in [6.07, 6.45) is 13.2. The molecule has 0 aliphatic heterocycles. The summed E-state index contributed by atoms with van der Waals surface area (Å²) in [5.41, 5.74) is 10.9. The number of anilines is 3. The zero-order valence-corrected chi connectivity index (χ0v) is 21.0. The Morgan fingerprint density at radius 1 is 1.13 bits per heavy atom. The van der Waals surface area contributed by atoms with Gasteiger partial charge in [-0.25, -0.2) is 19.3 Å². The van der Waals surface area contributed by atoms with E-state index < -0.39 is 23.5 Å². The number of hydrogen-bond acceptors (Lipinski definition) is 6. The second-order valence-corrected chi connectivity index (χ2v) is 9.12. The van der Waals surface area contributed by atoms with Crippen molar-refractivity contribution in [3.8, 4) is 23.5 Å². The van der Waals surface area contributed by atoms with Crippen LogP contribution in [0.3, 0.4) is 0 Å². The molecule has 1 unspecified atom stereocenters. The maximum Gasteiger partial charge on any atom is 0.300 e. The molecule has 1 aliphatic carbocycles. The minimum atomic E-state index is -0.636. The summed E-state index contributed by atoms with van der Waals surface area (Å²) in [6, 6.07) is 11.7. The van der Waals surface area contributed by atoms with Gasteiger partial charge in [0.25, 0.3) is 5.91 Å². The molecule has 2 amide bonds. The van der Waals surface area contributed by atoms with Crippen LogP contribution >= 0.6 is 11.6 Å². The van der Waals surface area contributed by atoms with Crippen LogP contribution in [0.5, 0.6) is 0 Å². The van der Waals surface area contributed by atoms with E-state index in [0.717, 1.165) is 11.1 Å². The van der Waals surface area contributed by atoms with E-state index in [4.69, 9.17) is 23.8 Å². The number of amides is 2. The molecule has 1 aliphatic rings. The first-order chi connectivity index (χ1) is 18.9. The van der Waals surface area contributed by atoms with Crippen molar-refractivity contribution in [2.75, 3.05) is 16.4 Å². The van der Waals surface area contributed by atoms with Gasteiger partial charge in [0.2, 0.25) is 5.91 Å². The number of carbonyl (C=O) groups is 2. The average molecular weight is 539 g/mol. The summed E-state index contributed by atoms with van der Waals surface area (Å²) in [7, 11) is 0. The van der Waals surface area contributed by atoms with Crippen molar-refractivity contribution < 1.29 is 14.0 Å². The summed E-state index contributed by atoms with van der Waals surface area (Å²) in [4.78, 5) is 36.9. The third-order valence-corrected chi connectivity index (χ3v) is 6.57. The van der Waals surface area contributed by atoms with Crippen LogP contribution in [0.2, 0.25) is 0 Å². The van der Waals surface area contributed by atoms with Crippen LogP contribution in [0.4, 0.5) is 21.6 Å². The molecule has 5 rings (SSSR count). The van der Waals surface area contributed by atoms with E-state index in [1.165, 1.54) is 24.7 Å². The van der Waals surface area contributed by atoms with E-state index in [1.54, 1.807) is 36.5 Å². The first-order valence-electron chi connectivity index (χ1n) is 11.7. The van der Waals surface area contributed by atoms with Crippen LogP contribution in [-0.2, 0) is 9.59 Å². The normalized spacial score (nSPS) is 14.6. The molecule has 1 atom stereocenters. The minimum Gasteiger partial charge on any atom is -0.398 e. The fourth-order valence-corrected chi connectivity index (χ4v) is 4.66. The van der Waals surface area contributed by atoms with Crippen LogP contribution in [0.25, 0.3) is 27.6 Å². The fraction of sp³-hybridized carbons (Fsp3) is 0.0690. The summed E-state index contributed by atoms with van der Waals surface area (Å²) in [6.45, 7) is 0. The SMILES string of the molecule is C#CC(=O)Nc1cccc(-c2cc(C3=C(Cl)CC(C(=O)Nc4ncccc4F)C=C3)c(N)c3cncnc23)c1. The third-order valence-electron chi connectivity index (χ3n) is 6.21. The van der Waals surface area contributed by atoms with E-state index >= 15 is 0 Å². The number of pyridine rings is 1. The number of nitrogens with two attached hydrogens (primary N) is 1. The second-order valence-electron chi connectivity index (χ2n) is 8.66. The van der Waals surface area contributed by atoms with Crippen LogP contribution in [0.15, 0.2) is 78.4 Å². The molecule has 0 bridgehead atoms. The van der Waals surface area contributed by atoms with Gasteiger partial charge in [0.05, 0.1) is 17.1 Å². The number of allylic oxidation sites excluding steroid dienone is 3. The lowest BCUT2D eigenvalue weighted by atomic mass is 9.88. The van der Waals surface area contributed by atoms with Crippen LogP contribution in [-0.4, -0.2) is 26.8 Å². The van der Waals surface area contributed by atoms with Gasteiger partial charge in [-0.15, -0.1) is 6.42 Å². The maximum absolute atomic E-state index is 13.9. The predicted octanol–water partition coefficient (Wildman–Crippen LogP) is 5.15. The molecule has 4 aromatic rings. The molecular weight excluding hydrogens is 519 g/mol. The Morgan fingerprint density at radius 3 is 2.74 bits per heavy atom. The lowest BCUT2D eigenvalue weighted by Gasteiger charge is -2.21. The molecule has 2 heterocycles. The van der Waals surface area contributed by atoms with Crippen molar-refractivity contribution in [2.45, 2.75) is 6.42 Å². The van der Waals surface area contributed by atoms with E-state index in [0.29, 0.717) is 38.4 Å². The smallest absolute Gasteiger partial charge is 0.300 e. The highest BCUT2D eigenvalue weighted by atomic mass is 35.5. The van der Waals surface area contributed by atoms with Gasteiger partial charge < -0.3 is 16.4 Å². The Bertz CT molecular complexity index is 1740. The van der Waals surface area contributed by atoms with Gasteiger partial charge in [0.15, 0.2) is 11.6 Å². The van der Waals surface area contributed by atoms with Gasteiger partial charge in [-0.3, -0.25) is 9.59 Å². The van der Waals surface area contributed by atoms with Gasteiger partial charge in [-0.2, -0.15) is 0 Å². The molecule has 192 valence electrons. The predicted molar refractivity (Wildman–Crippen MR) is 150 cm³/mol. The van der Waals surface area contributed by atoms with Crippen molar-refractivity contribution in [1.29, 1.82) is 0 Å². The van der Waals surface area contributed by atoms with Crippen LogP contribution < -0.4 is 16.4 Å². The van der Waals surface area contributed by atoms with Crippen LogP contribution in [0, 0.1) is 24.1 Å². The van der Waals surface area contributed by atoms with Crippen molar-refractivity contribution in [2.24, 2.45) is 5.92 Å². The summed E-state index contributed by atoms with van der Waals surface area (Å²) < 4.78 is 13.9. The highest BCUT2D eigenvalue weighted by molar-refractivity contribution is 6.34. The molecule has 10 heteroatoms. The number of rotatable bonds is 5. The third kappa shape index (κ3) is 5.19. The highest BCUT2D eigenvalue weighted by Crippen LogP contribution is 2.41. The maximum atomic E-state index is 13.9. The van der Waals surface area contributed by atoms with Crippen LogP contribution in [0.1, 0.15) is 12.0 Å². The molecule has 0 saturated heterocycles. The molecule has 4 N–H and O–H groups in total. The molecule has 0 saturated carbocycles. The molecule has 2 aromatic carbocycles. The van der Waals surface area contributed by atoms with Crippen molar-refractivity contribution in [3.05, 3.63) is 89.8 Å². The first-order valence-corrected chi connectivity index (χ1v) is 12.1. The molecule has 0 radical (unpaired) electrons. The highest BCUT2D eigenvalue weighted by Gasteiger charge is 2.25. The average Bonchev–Trinajstić information content (AvgIpc) is 2.95. The quantitative estimate of drug-likeness (QED) is 0.238. The summed E-state index contributed by atoms with van der Waals surface area (Å²) in [5.74, 6) is -0.386. The van der Waals surface area contributed by atoms with Gasteiger partial charge in [0, 0.05) is 39.6 Å². The Labute approximate surface area is 227 Å². The van der Waals surface area contributed by atoms with E-state index in [2.05, 4.69) is 25.6 Å². The second kappa shape index (κ2) is 10.7. The van der Waals surface area contributed by atoms with E-state index in [1.807, 2.05) is 18.1 Å². The molecule has 39 heavy (non-hydrogen) atoms. The Balaban J connectivity index is 1.52. The van der Waals surface area contributed by atoms with Gasteiger partial charge >= 0.3 is 0 Å². The first kappa shape index (κ1) is 25.6. The number of nitrogen functional groups attached to an aromatic ring is 1.